The highest BCUT2D eigenvalue weighted by Gasteiger charge is 2.63. The number of benzene rings is 1. The van der Waals surface area contributed by atoms with Gasteiger partial charge in [-0.05, 0) is 46.0 Å². The van der Waals surface area contributed by atoms with E-state index in [2.05, 4.69) is 21.2 Å². The second-order valence-corrected chi connectivity index (χ2v) is 6.07. The number of halogens is 2. The molecule has 0 aliphatic heterocycles. The number of carbonyl (C=O) groups excluding carboxylic acids is 1. The minimum absolute atomic E-state index is 0.109. The number of hydrogen-bond acceptors (Lipinski definition) is 2. The molecule has 1 saturated carbocycles. The summed E-state index contributed by atoms with van der Waals surface area (Å²) in [6.45, 7) is 2.06. The highest BCUT2D eigenvalue weighted by Crippen LogP contribution is 2.52. The van der Waals surface area contributed by atoms with Crippen LogP contribution in [0, 0.1) is 11.3 Å². The fraction of sp³-hybridized carbons (Fsp3) is 0.385. The van der Waals surface area contributed by atoms with Gasteiger partial charge >= 0.3 is 5.97 Å². The van der Waals surface area contributed by atoms with Crippen LogP contribution in [0.4, 0.5) is 0 Å². The Labute approximate surface area is 124 Å². The number of carbonyl (C=O) groups is 2. The van der Waals surface area contributed by atoms with E-state index in [1.165, 1.54) is 0 Å². The molecule has 2 rings (SSSR count). The Morgan fingerprint density at radius 2 is 2.21 bits per heavy atom. The van der Waals surface area contributed by atoms with Gasteiger partial charge < -0.3 is 10.4 Å². The molecular weight excluding hydrogens is 334 g/mol. The first-order valence-corrected chi connectivity index (χ1v) is 7.00. The molecule has 1 aliphatic carbocycles. The van der Waals surface area contributed by atoms with E-state index in [1.807, 2.05) is 0 Å². The third-order valence-electron chi connectivity index (χ3n) is 3.53. The third kappa shape index (κ3) is 2.62. The van der Waals surface area contributed by atoms with Crippen molar-refractivity contribution in [3.63, 3.8) is 0 Å². The van der Waals surface area contributed by atoms with Crippen LogP contribution in [0.2, 0.25) is 5.02 Å². The van der Waals surface area contributed by atoms with Crippen molar-refractivity contribution in [3.8, 4) is 0 Å². The summed E-state index contributed by atoms with van der Waals surface area (Å²) in [5, 5.41) is 12.4. The van der Waals surface area contributed by atoms with Crippen molar-refractivity contribution in [2.24, 2.45) is 11.3 Å². The maximum absolute atomic E-state index is 12.0. The molecule has 6 heteroatoms. The molecule has 2 atom stereocenters. The quantitative estimate of drug-likeness (QED) is 0.824. The summed E-state index contributed by atoms with van der Waals surface area (Å²) in [6, 6.07) is 5.31. The topological polar surface area (TPSA) is 66.4 Å². The average Bonchev–Trinajstić information content (AvgIpc) is 3.03. The van der Waals surface area contributed by atoms with Crippen molar-refractivity contribution >= 4 is 39.4 Å². The number of rotatable bonds is 4. The van der Waals surface area contributed by atoms with Gasteiger partial charge in [-0.1, -0.05) is 24.6 Å². The number of nitrogens with one attached hydrogen (secondary N) is 1. The molecule has 1 aromatic rings. The fourth-order valence-electron chi connectivity index (χ4n) is 2.13. The summed E-state index contributed by atoms with van der Waals surface area (Å²) in [4.78, 5) is 23.1. The van der Waals surface area contributed by atoms with E-state index >= 15 is 0 Å². The Kier molecular flexibility index (Phi) is 3.87. The predicted molar refractivity (Wildman–Crippen MR) is 74.8 cm³/mol. The molecule has 1 aromatic carbocycles. The first kappa shape index (κ1) is 14.3. The van der Waals surface area contributed by atoms with Crippen LogP contribution in [0.3, 0.4) is 0 Å². The molecule has 2 N–H and O–H groups in total. The van der Waals surface area contributed by atoms with Crippen LogP contribution >= 0.6 is 27.5 Å². The van der Waals surface area contributed by atoms with E-state index < -0.39 is 17.3 Å². The maximum Gasteiger partial charge on any atom is 0.319 e. The van der Waals surface area contributed by atoms with Gasteiger partial charge in [0.25, 0.3) is 0 Å². The number of carboxylic acid groups (broad SMARTS) is 1. The highest BCUT2D eigenvalue weighted by molar-refractivity contribution is 9.10. The summed E-state index contributed by atoms with van der Waals surface area (Å²) >= 11 is 9.17. The van der Waals surface area contributed by atoms with E-state index in [0.29, 0.717) is 11.4 Å². The summed E-state index contributed by atoms with van der Waals surface area (Å²) in [6.07, 6.45) is 0.401. The van der Waals surface area contributed by atoms with Gasteiger partial charge in [0.2, 0.25) is 5.91 Å². The standard InChI is InChI=1S/C13H13BrClNO3/c1-7-5-13(7,12(18)19)11(17)16-6-8-2-3-10(15)9(14)4-8/h2-4,7H,5-6H2,1H3,(H,16,17)(H,18,19). The van der Waals surface area contributed by atoms with E-state index in [-0.39, 0.29) is 12.5 Å². The molecule has 0 radical (unpaired) electrons. The fourth-order valence-corrected chi connectivity index (χ4v) is 2.67. The van der Waals surface area contributed by atoms with Crippen LogP contribution in [-0.2, 0) is 16.1 Å². The third-order valence-corrected chi connectivity index (χ3v) is 4.75. The van der Waals surface area contributed by atoms with Gasteiger partial charge in [0.05, 0.1) is 5.02 Å². The van der Waals surface area contributed by atoms with Crippen LogP contribution in [0.1, 0.15) is 18.9 Å². The number of amides is 1. The molecule has 0 heterocycles. The molecule has 102 valence electrons. The van der Waals surface area contributed by atoms with Crippen LogP contribution < -0.4 is 5.32 Å². The second kappa shape index (κ2) is 5.13. The van der Waals surface area contributed by atoms with Gasteiger partial charge in [-0.3, -0.25) is 9.59 Å². The molecule has 19 heavy (non-hydrogen) atoms. The molecule has 1 aliphatic rings. The zero-order valence-corrected chi connectivity index (χ0v) is 12.6. The van der Waals surface area contributed by atoms with E-state index in [4.69, 9.17) is 16.7 Å². The molecular formula is C13H13BrClNO3. The Balaban J connectivity index is 2.01. The Morgan fingerprint density at radius 3 is 2.68 bits per heavy atom. The Morgan fingerprint density at radius 1 is 1.58 bits per heavy atom. The van der Waals surface area contributed by atoms with Gasteiger partial charge in [-0.15, -0.1) is 0 Å². The zero-order valence-electron chi connectivity index (χ0n) is 10.2. The number of carboxylic acids is 1. The first-order valence-electron chi connectivity index (χ1n) is 5.83. The predicted octanol–water partition coefficient (Wildman–Crippen LogP) is 2.83. The lowest BCUT2D eigenvalue weighted by Crippen LogP contribution is -2.37. The van der Waals surface area contributed by atoms with Crippen molar-refractivity contribution in [1.82, 2.24) is 5.32 Å². The summed E-state index contributed by atoms with van der Waals surface area (Å²) < 4.78 is 0.744. The minimum Gasteiger partial charge on any atom is -0.480 e. The summed E-state index contributed by atoms with van der Waals surface area (Å²) in [5.41, 5.74) is -0.373. The Hall–Kier alpha value is -1.07. The summed E-state index contributed by atoms with van der Waals surface area (Å²) in [5.74, 6) is -1.57. The van der Waals surface area contributed by atoms with E-state index in [1.54, 1.807) is 25.1 Å². The van der Waals surface area contributed by atoms with Crippen LogP contribution in [0.15, 0.2) is 22.7 Å². The van der Waals surface area contributed by atoms with Gasteiger partial charge in [0.15, 0.2) is 0 Å². The number of hydrogen-bond donors (Lipinski definition) is 2. The van der Waals surface area contributed by atoms with Crippen LogP contribution in [-0.4, -0.2) is 17.0 Å². The SMILES string of the molecule is CC1CC1(C(=O)O)C(=O)NCc1ccc(Cl)c(Br)c1. The lowest BCUT2D eigenvalue weighted by molar-refractivity contribution is -0.149. The second-order valence-electron chi connectivity index (χ2n) is 4.81. The largest absolute Gasteiger partial charge is 0.480 e. The van der Waals surface area contributed by atoms with Gasteiger partial charge in [0, 0.05) is 11.0 Å². The monoisotopic (exact) mass is 345 g/mol. The molecule has 0 spiro atoms. The molecule has 1 fully saturated rings. The molecule has 4 nitrogen and oxygen atoms in total. The van der Waals surface area contributed by atoms with Crippen molar-refractivity contribution in [3.05, 3.63) is 33.3 Å². The highest BCUT2D eigenvalue weighted by atomic mass is 79.9. The smallest absolute Gasteiger partial charge is 0.319 e. The molecule has 0 saturated heterocycles. The maximum atomic E-state index is 12.0. The average molecular weight is 347 g/mol. The van der Waals surface area contributed by atoms with Crippen molar-refractivity contribution in [2.45, 2.75) is 19.9 Å². The van der Waals surface area contributed by atoms with Gasteiger partial charge in [-0.2, -0.15) is 0 Å². The molecule has 0 bridgehead atoms. The van der Waals surface area contributed by atoms with E-state index in [9.17, 15) is 9.59 Å². The summed E-state index contributed by atoms with van der Waals surface area (Å²) in [7, 11) is 0. The molecule has 0 aromatic heterocycles. The van der Waals surface area contributed by atoms with Crippen molar-refractivity contribution in [1.29, 1.82) is 0 Å². The van der Waals surface area contributed by atoms with Crippen molar-refractivity contribution < 1.29 is 14.7 Å². The Bertz CT molecular complexity index is 549. The van der Waals surface area contributed by atoms with E-state index in [0.717, 1.165) is 10.0 Å². The first-order chi connectivity index (χ1) is 8.87. The lowest BCUT2D eigenvalue weighted by Gasteiger charge is -2.12. The van der Waals surface area contributed by atoms with Crippen LogP contribution in [0.5, 0.6) is 0 Å². The van der Waals surface area contributed by atoms with Crippen LogP contribution in [0.25, 0.3) is 0 Å². The molecule has 2 unspecified atom stereocenters. The van der Waals surface area contributed by atoms with Crippen molar-refractivity contribution in [2.75, 3.05) is 0 Å². The molecule has 1 amide bonds. The number of aliphatic carboxylic acids is 1. The lowest BCUT2D eigenvalue weighted by atomic mass is 10.0. The normalized spacial score (nSPS) is 24.9. The minimum atomic E-state index is -1.23. The van der Waals surface area contributed by atoms with Gasteiger partial charge in [0.1, 0.15) is 5.41 Å². The van der Waals surface area contributed by atoms with Gasteiger partial charge in [-0.25, -0.2) is 0 Å². The zero-order chi connectivity index (χ0) is 14.2.